The summed E-state index contributed by atoms with van der Waals surface area (Å²) in [4.78, 5) is 26.7. The van der Waals surface area contributed by atoms with Gasteiger partial charge in [-0.3, -0.25) is 9.59 Å². The van der Waals surface area contributed by atoms with Gasteiger partial charge in [0.05, 0.1) is 12.0 Å². The zero-order chi connectivity index (χ0) is 13.1. The summed E-state index contributed by atoms with van der Waals surface area (Å²) in [6, 6.07) is 3.84. The third-order valence-electron chi connectivity index (χ3n) is 3.38. The molecule has 0 radical (unpaired) electrons. The van der Waals surface area contributed by atoms with Crippen molar-refractivity contribution in [3.05, 3.63) is 22.4 Å². The van der Waals surface area contributed by atoms with Crippen LogP contribution >= 0.6 is 11.3 Å². The van der Waals surface area contributed by atoms with Gasteiger partial charge in [-0.05, 0) is 24.8 Å². The van der Waals surface area contributed by atoms with Crippen LogP contribution in [-0.4, -0.2) is 30.3 Å². The molecule has 5 heteroatoms. The molecule has 4 nitrogen and oxygen atoms in total. The Bertz CT molecular complexity index is 430. The van der Waals surface area contributed by atoms with Crippen LogP contribution in [0.25, 0.3) is 0 Å². The van der Waals surface area contributed by atoms with Crippen molar-refractivity contribution in [2.45, 2.75) is 25.8 Å². The SMILES string of the molecule is CCNC(=O)[C@@H]1CCC(=O)N(C)[C@@H]1c1cccs1. The average molecular weight is 266 g/mol. The van der Waals surface area contributed by atoms with Crippen molar-refractivity contribution < 1.29 is 9.59 Å². The van der Waals surface area contributed by atoms with Crippen molar-refractivity contribution in [3.63, 3.8) is 0 Å². The fourth-order valence-electron chi connectivity index (χ4n) is 2.47. The van der Waals surface area contributed by atoms with Crippen LogP contribution in [0.5, 0.6) is 0 Å². The smallest absolute Gasteiger partial charge is 0.225 e. The number of thiophene rings is 1. The number of likely N-dealkylation sites (tertiary alicyclic amines) is 1. The Morgan fingerprint density at radius 2 is 2.39 bits per heavy atom. The van der Waals surface area contributed by atoms with Gasteiger partial charge >= 0.3 is 0 Å². The van der Waals surface area contributed by atoms with Crippen LogP contribution in [0.1, 0.15) is 30.7 Å². The molecule has 98 valence electrons. The molecule has 2 atom stereocenters. The molecule has 0 aliphatic carbocycles. The molecular weight excluding hydrogens is 248 g/mol. The van der Waals surface area contributed by atoms with E-state index < -0.39 is 0 Å². The van der Waals surface area contributed by atoms with E-state index in [1.807, 2.05) is 24.4 Å². The molecule has 2 rings (SSSR count). The van der Waals surface area contributed by atoms with Crippen LogP contribution in [-0.2, 0) is 9.59 Å². The van der Waals surface area contributed by atoms with Gasteiger partial charge in [0.25, 0.3) is 0 Å². The quantitative estimate of drug-likeness (QED) is 0.907. The fraction of sp³-hybridized carbons (Fsp3) is 0.538. The molecule has 2 heterocycles. The predicted molar refractivity (Wildman–Crippen MR) is 71.2 cm³/mol. The van der Waals surface area contributed by atoms with Gasteiger partial charge in [0.2, 0.25) is 11.8 Å². The molecule has 1 aromatic heterocycles. The number of piperidine rings is 1. The topological polar surface area (TPSA) is 49.4 Å². The molecule has 18 heavy (non-hydrogen) atoms. The highest BCUT2D eigenvalue weighted by molar-refractivity contribution is 7.10. The molecule has 1 fully saturated rings. The number of nitrogens with one attached hydrogen (secondary N) is 1. The van der Waals surface area contributed by atoms with E-state index in [9.17, 15) is 9.59 Å². The lowest BCUT2D eigenvalue weighted by Crippen LogP contribution is -2.46. The lowest BCUT2D eigenvalue weighted by atomic mass is 9.87. The van der Waals surface area contributed by atoms with Crippen LogP contribution in [0, 0.1) is 5.92 Å². The van der Waals surface area contributed by atoms with Crippen LogP contribution in [0.15, 0.2) is 17.5 Å². The van der Waals surface area contributed by atoms with Gasteiger partial charge < -0.3 is 10.2 Å². The zero-order valence-corrected chi connectivity index (χ0v) is 11.5. The average Bonchev–Trinajstić information content (AvgIpc) is 2.86. The van der Waals surface area contributed by atoms with Crippen molar-refractivity contribution in [2.24, 2.45) is 5.92 Å². The minimum atomic E-state index is -0.133. The maximum Gasteiger partial charge on any atom is 0.225 e. The van der Waals surface area contributed by atoms with Crippen LogP contribution in [0.4, 0.5) is 0 Å². The molecule has 0 spiro atoms. The van der Waals surface area contributed by atoms with Crippen molar-refractivity contribution in [2.75, 3.05) is 13.6 Å². The first-order chi connectivity index (χ1) is 8.65. The van der Waals surface area contributed by atoms with Crippen molar-refractivity contribution in [1.82, 2.24) is 10.2 Å². The monoisotopic (exact) mass is 266 g/mol. The van der Waals surface area contributed by atoms with E-state index in [0.29, 0.717) is 19.4 Å². The Balaban J connectivity index is 2.27. The summed E-state index contributed by atoms with van der Waals surface area (Å²) in [5.74, 6) is 0.0375. The zero-order valence-electron chi connectivity index (χ0n) is 10.7. The highest BCUT2D eigenvalue weighted by Crippen LogP contribution is 2.37. The summed E-state index contributed by atoms with van der Waals surface area (Å²) in [5, 5.41) is 4.85. The Labute approximate surface area is 111 Å². The molecule has 1 saturated heterocycles. The summed E-state index contributed by atoms with van der Waals surface area (Å²) in [7, 11) is 1.79. The molecule has 1 aliphatic rings. The molecule has 0 saturated carbocycles. The first-order valence-corrected chi connectivity index (χ1v) is 7.10. The van der Waals surface area contributed by atoms with Gasteiger partial charge in [-0.1, -0.05) is 6.07 Å². The van der Waals surface area contributed by atoms with E-state index in [2.05, 4.69) is 5.32 Å². The van der Waals surface area contributed by atoms with Gasteiger partial charge in [-0.2, -0.15) is 0 Å². The first-order valence-electron chi connectivity index (χ1n) is 6.22. The number of rotatable bonds is 3. The number of hydrogen-bond acceptors (Lipinski definition) is 3. The summed E-state index contributed by atoms with van der Waals surface area (Å²) in [6.45, 7) is 2.54. The standard InChI is InChI=1S/C13H18N2O2S/c1-3-14-13(17)9-6-7-11(16)15(2)12(9)10-5-4-8-18-10/h4-5,8-9,12H,3,6-7H2,1-2H3,(H,14,17)/t9-,12+/m1/s1. The van der Waals surface area contributed by atoms with E-state index in [0.717, 1.165) is 4.88 Å². The number of nitrogens with zero attached hydrogens (tertiary/aromatic N) is 1. The molecule has 0 bridgehead atoms. The highest BCUT2D eigenvalue weighted by Gasteiger charge is 2.39. The van der Waals surface area contributed by atoms with Gasteiger partial charge in [-0.25, -0.2) is 0 Å². The molecule has 0 unspecified atom stereocenters. The molecule has 0 aromatic carbocycles. The molecule has 1 aromatic rings. The number of hydrogen-bond donors (Lipinski definition) is 1. The van der Waals surface area contributed by atoms with Crippen molar-refractivity contribution >= 4 is 23.2 Å². The summed E-state index contributed by atoms with van der Waals surface area (Å²) in [6.07, 6.45) is 1.09. The van der Waals surface area contributed by atoms with Crippen LogP contribution in [0.2, 0.25) is 0 Å². The minimum Gasteiger partial charge on any atom is -0.356 e. The van der Waals surface area contributed by atoms with Crippen molar-refractivity contribution in [1.29, 1.82) is 0 Å². The first kappa shape index (κ1) is 13.1. The number of carbonyl (C=O) groups excluding carboxylic acids is 2. The van der Waals surface area contributed by atoms with E-state index in [1.54, 1.807) is 23.3 Å². The van der Waals surface area contributed by atoms with Crippen molar-refractivity contribution in [3.8, 4) is 0 Å². The third-order valence-corrected chi connectivity index (χ3v) is 4.33. The van der Waals surface area contributed by atoms with E-state index in [1.165, 1.54) is 0 Å². The second-order valence-electron chi connectivity index (χ2n) is 4.50. The van der Waals surface area contributed by atoms with Crippen LogP contribution in [0.3, 0.4) is 0 Å². The Morgan fingerprint density at radius 1 is 1.61 bits per heavy atom. The lowest BCUT2D eigenvalue weighted by molar-refractivity contribution is -0.141. The number of carbonyl (C=O) groups is 2. The van der Waals surface area contributed by atoms with Gasteiger partial charge in [0.15, 0.2) is 0 Å². The Hall–Kier alpha value is -1.36. The van der Waals surface area contributed by atoms with Gasteiger partial charge in [-0.15, -0.1) is 11.3 Å². The normalized spacial score (nSPS) is 24.1. The highest BCUT2D eigenvalue weighted by atomic mass is 32.1. The summed E-state index contributed by atoms with van der Waals surface area (Å²) >= 11 is 1.60. The largest absolute Gasteiger partial charge is 0.356 e. The Morgan fingerprint density at radius 3 is 3.00 bits per heavy atom. The lowest BCUT2D eigenvalue weighted by Gasteiger charge is -2.37. The minimum absolute atomic E-state index is 0.0512. The summed E-state index contributed by atoms with van der Waals surface area (Å²) in [5.41, 5.74) is 0. The third kappa shape index (κ3) is 2.41. The molecule has 1 N–H and O–H groups in total. The maximum atomic E-state index is 12.1. The molecular formula is C13H18N2O2S. The molecule has 1 aliphatic heterocycles. The number of amides is 2. The second-order valence-corrected chi connectivity index (χ2v) is 5.48. The van der Waals surface area contributed by atoms with E-state index in [4.69, 9.17) is 0 Å². The van der Waals surface area contributed by atoms with Gasteiger partial charge in [0.1, 0.15) is 0 Å². The van der Waals surface area contributed by atoms with E-state index >= 15 is 0 Å². The van der Waals surface area contributed by atoms with Crippen LogP contribution < -0.4 is 5.32 Å². The predicted octanol–water partition coefficient (Wildman–Crippen LogP) is 1.79. The second kappa shape index (κ2) is 5.52. The Kier molecular flexibility index (Phi) is 4.01. The van der Waals surface area contributed by atoms with Gasteiger partial charge in [0, 0.05) is 24.9 Å². The van der Waals surface area contributed by atoms with E-state index in [-0.39, 0.29) is 23.8 Å². The molecule has 2 amide bonds. The fourth-order valence-corrected chi connectivity index (χ4v) is 3.40. The maximum absolute atomic E-state index is 12.1. The summed E-state index contributed by atoms with van der Waals surface area (Å²) < 4.78 is 0.